The van der Waals surface area contributed by atoms with Crippen molar-refractivity contribution >= 4 is 10.0 Å². The lowest BCUT2D eigenvalue weighted by Gasteiger charge is -2.19. The lowest BCUT2D eigenvalue weighted by molar-refractivity contribution is 0.412. The molecule has 0 aromatic heterocycles. The molecule has 0 saturated heterocycles. The van der Waals surface area contributed by atoms with Crippen molar-refractivity contribution in [2.75, 3.05) is 25.9 Å². The van der Waals surface area contributed by atoms with Gasteiger partial charge in [0, 0.05) is 30.8 Å². The van der Waals surface area contributed by atoms with Crippen molar-refractivity contribution in [3.63, 3.8) is 0 Å². The molecule has 0 radical (unpaired) electrons. The van der Waals surface area contributed by atoms with Crippen molar-refractivity contribution in [2.24, 2.45) is 0 Å². The van der Waals surface area contributed by atoms with E-state index in [0.717, 1.165) is 6.07 Å². The topological polar surface area (TPSA) is 49.4 Å². The van der Waals surface area contributed by atoms with Crippen molar-refractivity contribution in [1.29, 1.82) is 0 Å². The third-order valence-corrected chi connectivity index (χ3v) is 4.66. The number of hydrogen-bond donors (Lipinski definition) is 1. The van der Waals surface area contributed by atoms with Gasteiger partial charge in [-0.25, -0.2) is 21.5 Å². The molecule has 1 N–H and O–H groups in total. The molecule has 120 valence electrons. The predicted molar refractivity (Wildman–Crippen MR) is 79.5 cm³/mol. The monoisotopic (exact) mass is 320 g/mol. The SMILES string of the molecule is CCN(CCCNC(C)c1ccc(F)cc1F)S(C)(=O)=O. The number of halogens is 2. The summed E-state index contributed by atoms with van der Waals surface area (Å²) in [7, 11) is -3.18. The quantitative estimate of drug-likeness (QED) is 0.748. The van der Waals surface area contributed by atoms with Crippen molar-refractivity contribution < 1.29 is 17.2 Å². The van der Waals surface area contributed by atoms with E-state index in [1.165, 1.54) is 22.7 Å². The van der Waals surface area contributed by atoms with Gasteiger partial charge in [-0.15, -0.1) is 0 Å². The van der Waals surface area contributed by atoms with Crippen LogP contribution in [-0.2, 0) is 10.0 Å². The van der Waals surface area contributed by atoms with Crippen LogP contribution in [0.2, 0.25) is 0 Å². The fraction of sp³-hybridized carbons (Fsp3) is 0.571. The predicted octanol–water partition coefficient (Wildman–Crippen LogP) is 2.29. The molecule has 21 heavy (non-hydrogen) atoms. The maximum absolute atomic E-state index is 13.6. The van der Waals surface area contributed by atoms with Gasteiger partial charge in [0.2, 0.25) is 10.0 Å². The first-order valence-corrected chi connectivity index (χ1v) is 8.74. The molecule has 4 nitrogen and oxygen atoms in total. The average Bonchev–Trinajstić information content (AvgIpc) is 2.36. The average molecular weight is 320 g/mol. The Kier molecular flexibility index (Phi) is 6.70. The third kappa shape index (κ3) is 5.68. The number of hydrogen-bond acceptors (Lipinski definition) is 3. The summed E-state index contributed by atoms with van der Waals surface area (Å²) in [6, 6.07) is 3.23. The standard InChI is InChI=1S/C14H22F2N2O2S/c1-4-18(21(3,19)20)9-5-8-17-11(2)13-7-6-12(15)10-14(13)16/h6-7,10-11,17H,4-5,8-9H2,1-3H3. The molecule has 0 aliphatic carbocycles. The molecule has 0 fully saturated rings. The highest BCUT2D eigenvalue weighted by atomic mass is 32.2. The summed E-state index contributed by atoms with van der Waals surface area (Å²) >= 11 is 0. The van der Waals surface area contributed by atoms with Gasteiger partial charge < -0.3 is 5.32 Å². The third-order valence-electron chi connectivity index (χ3n) is 3.29. The molecule has 1 atom stereocenters. The van der Waals surface area contributed by atoms with E-state index in [2.05, 4.69) is 5.32 Å². The molecule has 1 aromatic rings. The second-order valence-electron chi connectivity index (χ2n) is 4.95. The highest BCUT2D eigenvalue weighted by Crippen LogP contribution is 2.17. The minimum atomic E-state index is -3.18. The van der Waals surface area contributed by atoms with Crippen LogP contribution in [0.15, 0.2) is 18.2 Å². The maximum atomic E-state index is 13.6. The van der Waals surface area contributed by atoms with Crippen LogP contribution >= 0.6 is 0 Å². The highest BCUT2D eigenvalue weighted by molar-refractivity contribution is 7.88. The van der Waals surface area contributed by atoms with E-state index in [-0.39, 0.29) is 6.04 Å². The summed E-state index contributed by atoms with van der Waals surface area (Å²) in [5, 5.41) is 3.11. The van der Waals surface area contributed by atoms with Crippen molar-refractivity contribution in [1.82, 2.24) is 9.62 Å². The van der Waals surface area contributed by atoms with E-state index < -0.39 is 21.7 Å². The Morgan fingerprint density at radius 2 is 2.00 bits per heavy atom. The first-order valence-electron chi connectivity index (χ1n) is 6.89. The van der Waals surface area contributed by atoms with Gasteiger partial charge in [0.1, 0.15) is 11.6 Å². The summed E-state index contributed by atoms with van der Waals surface area (Å²) in [6.07, 6.45) is 1.80. The molecular weight excluding hydrogens is 298 g/mol. The van der Waals surface area contributed by atoms with E-state index in [0.29, 0.717) is 31.6 Å². The number of nitrogens with zero attached hydrogens (tertiary/aromatic N) is 1. The maximum Gasteiger partial charge on any atom is 0.211 e. The first-order chi connectivity index (χ1) is 9.75. The van der Waals surface area contributed by atoms with Crippen LogP contribution in [-0.4, -0.2) is 38.6 Å². The second-order valence-corrected chi connectivity index (χ2v) is 6.93. The zero-order valence-corrected chi connectivity index (χ0v) is 13.4. The summed E-state index contributed by atoms with van der Waals surface area (Å²) in [5.74, 6) is -1.18. The van der Waals surface area contributed by atoms with Crippen LogP contribution in [0.5, 0.6) is 0 Å². The molecule has 0 aliphatic rings. The Balaban J connectivity index is 2.45. The van der Waals surface area contributed by atoms with Crippen LogP contribution in [0, 0.1) is 11.6 Å². The number of rotatable bonds is 8. The van der Waals surface area contributed by atoms with Crippen molar-refractivity contribution in [2.45, 2.75) is 26.3 Å². The molecule has 0 bridgehead atoms. The normalized spacial score (nSPS) is 13.6. The Morgan fingerprint density at radius 3 is 2.52 bits per heavy atom. The molecule has 0 saturated carbocycles. The van der Waals surface area contributed by atoms with Crippen molar-refractivity contribution in [3.8, 4) is 0 Å². The van der Waals surface area contributed by atoms with E-state index in [1.54, 1.807) is 13.8 Å². The Labute approximate surface area is 125 Å². The molecule has 0 aliphatic heterocycles. The number of benzene rings is 1. The van der Waals surface area contributed by atoms with Gasteiger partial charge in [-0.05, 0) is 26.0 Å². The lowest BCUT2D eigenvalue weighted by atomic mass is 10.1. The molecule has 1 unspecified atom stereocenters. The van der Waals surface area contributed by atoms with E-state index in [4.69, 9.17) is 0 Å². The summed E-state index contributed by atoms with van der Waals surface area (Å²) in [4.78, 5) is 0. The number of sulfonamides is 1. The van der Waals surface area contributed by atoms with E-state index >= 15 is 0 Å². The van der Waals surface area contributed by atoms with Crippen LogP contribution in [0.4, 0.5) is 8.78 Å². The largest absolute Gasteiger partial charge is 0.310 e. The molecule has 0 amide bonds. The Morgan fingerprint density at radius 1 is 1.33 bits per heavy atom. The fourth-order valence-corrected chi connectivity index (χ4v) is 3.02. The van der Waals surface area contributed by atoms with Crippen LogP contribution in [0.3, 0.4) is 0 Å². The zero-order valence-electron chi connectivity index (χ0n) is 12.6. The van der Waals surface area contributed by atoms with Crippen LogP contribution in [0.1, 0.15) is 31.9 Å². The summed E-state index contributed by atoms with van der Waals surface area (Å²) < 4.78 is 50.6. The van der Waals surface area contributed by atoms with Gasteiger partial charge in [-0.1, -0.05) is 13.0 Å². The van der Waals surface area contributed by atoms with Crippen LogP contribution < -0.4 is 5.32 Å². The molecular formula is C14H22F2N2O2S. The van der Waals surface area contributed by atoms with Gasteiger partial charge in [-0.3, -0.25) is 0 Å². The second kappa shape index (κ2) is 7.82. The minimum absolute atomic E-state index is 0.265. The lowest BCUT2D eigenvalue weighted by Crippen LogP contribution is -2.32. The Hall–Kier alpha value is -1.05. The summed E-state index contributed by atoms with van der Waals surface area (Å²) in [6.45, 7) is 4.96. The molecule has 1 rings (SSSR count). The van der Waals surface area contributed by atoms with Gasteiger partial charge in [-0.2, -0.15) is 0 Å². The smallest absolute Gasteiger partial charge is 0.211 e. The van der Waals surface area contributed by atoms with Crippen LogP contribution in [0.25, 0.3) is 0 Å². The zero-order chi connectivity index (χ0) is 16.0. The molecule has 0 spiro atoms. The highest BCUT2D eigenvalue weighted by Gasteiger charge is 2.14. The molecule has 7 heteroatoms. The minimum Gasteiger partial charge on any atom is -0.310 e. The first kappa shape index (κ1) is 18.0. The van der Waals surface area contributed by atoms with E-state index in [9.17, 15) is 17.2 Å². The summed E-state index contributed by atoms with van der Waals surface area (Å²) in [5.41, 5.74) is 0.395. The van der Waals surface area contributed by atoms with Gasteiger partial charge in [0.25, 0.3) is 0 Å². The van der Waals surface area contributed by atoms with Gasteiger partial charge in [0.15, 0.2) is 0 Å². The van der Waals surface area contributed by atoms with Gasteiger partial charge in [0.05, 0.1) is 6.26 Å². The number of nitrogens with one attached hydrogen (secondary N) is 1. The van der Waals surface area contributed by atoms with Gasteiger partial charge >= 0.3 is 0 Å². The molecule has 0 heterocycles. The Bertz CT molecular complexity index is 564. The van der Waals surface area contributed by atoms with Crippen molar-refractivity contribution in [3.05, 3.63) is 35.4 Å². The van der Waals surface area contributed by atoms with E-state index in [1.807, 2.05) is 0 Å². The fourth-order valence-electron chi connectivity index (χ4n) is 2.10. The molecule has 1 aromatic carbocycles.